The van der Waals surface area contributed by atoms with Gasteiger partial charge in [0.25, 0.3) is 0 Å². The standard InChI is InChI=1S/C11H12N4O2S/c16-2-7-5-1-6(5)11(17-7)15-4-14-8-9(15)12-3-13-10(8)18/h3-7,11,16H,1-2H2,(H,12,13,18)/t5-,6+,7-,11+/m1/s1. The molecule has 0 radical (unpaired) electrons. The molecule has 0 aromatic carbocycles. The Balaban J connectivity index is 1.80. The topological polar surface area (TPSA) is 76.0 Å². The third-order valence-corrected chi connectivity index (χ3v) is 4.18. The number of aromatic nitrogens is 4. The van der Waals surface area contributed by atoms with Crippen molar-refractivity contribution in [3.05, 3.63) is 17.3 Å². The smallest absolute Gasteiger partial charge is 0.157 e. The van der Waals surface area contributed by atoms with Crippen LogP contribution < -0.4 is 0 Å². The van der Waals surface area contributed by atoms with Crippen molar-refractivity contribution in [3.8, 4) is 0 Å². The summed E-state index contributed by atoms with van der Waals surface area (Å²) in [6.07, 6.45) is 4.33. The van der Waals surface area contributed by atoms with Gasteiger partial charge < -0.3 is 14.8 Å². The molecule has 1 aliphatic heterocycles. The van der Waals surface area contributed by atoms with Gasteiger partial charge in [-0.05, 0) is 12.3 Å². The molecule has 0 amide bonds. The van der Waals surface area contributed by atoms with Crippen LogP contribution in [0, 0.1) is 16.5 Å². The number of imidazole rings is 1. The van der Waals surface area contributed by atoms with Gasteiger partial charge in [0.15, 0.2) is 4.64 Å². The Hall–Kier alpha value is -1.31. The molecule has 3 heterocycles. The molecule has 4 atom stereocenters. The molecule has 1 saturated carbocycles. The van der Waals surface area contributed by atoms with E-state index in [1.165, 1.54) is 0 Å². The van der Waals surface area contributed by atoms with Crippen molar-refractivity contribution in [3.63, 3.8) is 0 Å². The molecular weight excluding hydrogens is 252 g/mol. The maximum absolute atomic E-state index is 9.25. The van der Waals surface area contributed by atoms with Gasteiger partial charge in [-0.1, -0.05) is 12.2 Å². The molecule has 2 aliphatic rings. The molecule has 2 N–H and O–H groups in total. The minimum atomic E-state index is -0.0507. The van der Waals surface area contributed by atoms with E-state index < -0.39 is 0 Å². The van der Waals surface area contributed by atoms with Gasteiger partial charge in [0, 0.05) is 5.92 Å². The summed E-state index contributed by atoms with van der Waals surface area (Å²) >= 11 is 5.14. The molecule has 0 unspecified atom stereocenters. The van der Waals surface area contributed by atoms with Crippen LogP contribution >= 0.6 is 12.2 Å². The first kappa shape index (κ1) is 10.6. The van der Waals surface area contributed by atoms with E-state index in [1.807, 2.05) is 4.57 Å². The normalized spacial score (nSPS) is 33.8. The van der Waals surface area contributed by atoms with Crippen molar-refractivity contribution in [2.45, 2.75) is 18.8 Å². The fourth-order valence-corrected chi connectivity index (χ4v) is 3.09. The Morgan fingerprint density at radius 1 is 1.50 bits per heavy atom. The number of hydrogen-bond acceptors (Lipinski definition) is 5. The number of rotatable bonds is 2. The van der Waals surface area contributed by atoms with Crippen molar-refractivity contribution in [2.24, 2.45) is 11.8 Å². The number of H-pyrrole nitrogens is 1. The maximum atomic E-state index is 9.25. The minimum Gasteiger partial charge on any atom is -0.394 e. The second-order valence-electron chi connectivity index (χ2n) is 4.87. The van der Waals surface area contributed by atoms with Crippen molar-refractivity contribution < 1.29 is 9.84 Å². The highest BCUT2D eigenvalue weighted by molar-refractivity contribution is 7.71. The highest BCUT2D eigenvalue weighted by Gasteiger charge is 2.56. The number of ether oxygens (including phenoxy) is 1. The monoisotopic (exact) mass is 264 g/mol. The lowest BCUT2D eigenvalue weighted by Crippen LogP contribution is -2.19. The summed E-state index contributed by atoms with van der Waals surface area (Å²) in [6.45, 7) is 0.0852. The first-order chi connectivity index (χ1) is 8.79. The zero-order valence-electron chi connectivity index (χ0n) is 9.48. The van der Waals surface area contributed by atoms with E-state index in [9.17, 15) is 5.11 Å². The van der Waals surface area contributed by atoms with Crippen molar-refractivity contribution in [2.75, 3.05) is 6.61 Å². The lowest BCUT2D eigenvalue weighted by Gasteiger charge is -2.18. The number of aliphatic hydroxyl groups excluding tert-OH is 1. The van der Waals surface area contributed by atoms with Crippen molar-refractivity contribution >= 4 is 23.4 Å². The molecule has 0 bridgehead atoms. The molecule has 1 saturated heterocycles. The van der Waals surface area contributed by atoms with Crippen LogP contribution in [0.15, 0.2) is 12.7 Å². The van der Waals surface area contributed by atoms with E-state index in [-0.39, 0.29) is 18.9 Å². The third-order valence-electron chi connectivity index (χ3n) is 3.88. The molecular formula is C11H12N4O2S. The lowest BCUT2D eigenvalue weighted by atomic mass is 10.2. The summed E-state index contributed by atoms with van der Waals surface area (Å²) in [6, 6.07) is 0. The quantitative estimate of drug-likeness (QED) is 0.792. The van der Waals surface area contributed by atoms with Gasteiger partial charge in [0.2, 0.25) is 0 Å². The maximum Gasteiger partial charge on any atom is 0.157 e. The predicted molar refractivity (Wildman–Crippen MR) is 65.3 cm³/mol. The summed E-state index contributed by atoms with van der Waals surface area (Å²) in [5.41, 5.74) is 1.53. The van der Waals surface area contributed by atoms with Crippen LogP contribution in [-0.2, 0) is 4.74 Å². The second-order valence-corrected chi connectivity index (χ2v) is 5.25. The van der Waals surface area contributed by atoms with Gasteiger partial charge in [0.1, 0.15) is 17.4 Å². The van der Waals surface area contributed by atoms with Crippen LogP contribution in [0.25, 0.3) is 11.2 Å². The number of aromatic amines is 1. The molecule has 94 valence electrons. The van der Waals surface area contributed by atoms with Crippen LogP contribution in [-0.4, -0.2) is 37.3 Å². The first-order valence-electron chi connectivity index (χ1n) is 5.96. The van der Waals surface area contributed by atoms with Crippen molar-refractivity contribution in [1.29, 1.82) is 0 Å². The average Bonchev–Trinajstić information content (AvgIpc) is 2.91. The molecule has 0 spiro atoms. The Labute approximate surface area is 108 Å². The van der Waals surface area contributed by atoms with Crippen LogP contribution in [0.4, 0.5) is 0 Å². The Morgan fingerprint density at radius 2 is 2.39 bits per heavy atom. The SMILES string of the molecule is OC[C@H]1O[C@H](n2cnc3c(=S)nc[nH]c32)[C@H]2C[C@H]21. The van der Waals surface area contributed by atoms with E-state index in [0.717, 1.165) is 12.1 Å². The molecule has 2 aromatic rings. The molecule has 6 nitrogen and oxygen atoms in total. The van der Waals surface area contributed by atoms with Gasteiger partial charge >= 0.3 is 0 Å². The minimum absolute atomic E-state index is 0.0396. The third kappa shape index (κ3) is 1.32. The van der Waals surface area contributed by atoms with Gasteiger partial charge in [0.05, 0.1) is 25.4 Å². The van der Waals surface area contributed by atoms with Gasteiger partial charge in [-0.2, -0.15) is 0 Å². The van der Waals surface area contributed by atoms with Crippen molar-refractivity contribution in [1.82, 2.24) is 19.5 Å². The van der Waals surface area contributed by atoms with E-state index >= 15 is 0 Å². The zero-order valence-corrected chi connectivity index (χ0v) is 10.3. The molecule has 7 heteroatoms. The van der Waals surface area contributed by atoms with E-state index in [2.05, 4.69) is 15.0 Å². The van der Waals surface area contributed by atoms with Crippen LogP contribution in [0.5, 0.6) is 0 Å². The Kier molecular flexibility index (Phi) is 2.12. The summed E-state index contributed by atoms with van der Waals surface area (Å²) in [5, 5.41) is 9.25. The number of fused-ring (bicyclic) bond motifs is 2. The second kappa shape index (κ2) is 3.59. The molecule has 1 aliphatic carbocycles. The predicted octanol–water partition coefficient (Wildman–Crippen LogP) is 1.01. The number of aliphatic hydroxyl groups is 1. The molecule has 4 rings (SSSR count). The van der Waals surface area contributed by atoms with Crippen LogP contribution in [0.3, 0.4) is 0 Å². The fourth-order valence-electron chi connectivity index (χ4n) is 2.89. The Bertz CT molecular complexity index is 666. The molecule has 2 aromatic heterocycles. The summed E-state index contributed by atoms with van der Waals surface area (Å²) in [5.74, 6) is 0.969. The Morgan fingerprint density at radius 3 is 3.17 bits per heavy atom. The van der Waals surface area contributed by atoms with Crippen LogP contribution in [0.1, 0.15) is 12.6 Å². The zero-order chi connectivity index (χ0) is 12.3. The number of nitrogens with one attached hydrogen (secondary N) is 1. The summed E-state index contributed by atoms with van der Waals surface area (Å²) in [4.78, 5) is 11.4. The first-order valence-corrected chi connectivity index (χ1v) is 6.37. The van der Waals surface area contributed by atoms with E-state index in [4.69, 9.17) is 17.0 Å². The molecule has 2 fully saturated rings. The van der Waals surface area contributed by atoms with Gasteiger partial charge in [-0.15, -0.1) is 0 Å². The van der Waals surface area contributed by atoms with Crippen LogP contribution in [0.2, 0.25) is 0 Å². The highest BCUT2D eigenvalue weighted by atomic mass is 32.1. The lowest BCUT2D eigenvalue weighted by molar-refractivity contribution is -0.0479. The fraction of sp³-hybridized carbons (Fsp3) is 0.545. The highest BCUT2D eigenvalue weighted by Crippen LogP contribution is 2.56. The summed E-state index contributed by atoms with van der Waals surface area (Å²) in [7, 11) is 0. The number of nitrogens with zero attached hydrogens (tertiary/aromatic N) is 3. The average molecular weight is 264 g/mol. The summed E-state index contributed by atoms with van der Waals surface area (Å²) < 4.78 is 8.32. The molecule has 18 heavy (non-hydrogen) atoms. The largest absolute Gasteiger partial charge is 0.394 e. The van der Waals surface area contributed by atoms with Gasteiger partial charge in [-0.3, -0.25) is 4.57 Å². The number of hydrogen-bond donors (Lipinski definition) is 2. The van der Waals surface area contributed by atoms with E-state index in [0.29, 0.717) is 22.0 Å². The van der Waals surface area contributed by atoms with Gasteiger partial charge in [-0.25, -0.2) is 9.97 Å². The van der Waals surface area contributed by atoms with E-state index in [1.54, 1.807) is 12.7 Å².